The molecule has 0 saturated carbocycles. The van der Waals surface area contributed by atoms with Gasteiger partial charge < -0.3 is 14.9 Å². The van der Waals surface area contributed by atoms with Crippen LogP contribution in [0.4, 0.5) is 5.13 Å². The minimum absolute atomic E-state index is 0.0136. The molecule has 7 heteroatoms. The molecule has 1 amide bonds. The first kappa shape index (κ1) is 18.3. The summed E-state index contributed by atoms with van der Waals surface area (Å²) in [6.45, 7) is 5.70. The highest BCUT2D eigenvalue weighted by Crippen LogP contribution is 2.33. The average molecular weight is 401 g/mol. The highest BCUT2D eigenvalue weighted by atomic mass is 32.1. The second-order valence-corrected chi connectivity index (χ2v) is 9.37. The van der Waals surface area contributed by atoms with E-state index in [9.17, 15) is 9.90 Å². The van der Waals surface area contributed by atoms with Crippen LogP contribution in [0.25, 0.3) is 10.2 Å². The number of nitrogens with zero attached hydrogens (tertiary/aromatic N) is 4. The van der Waals surface area contributed by atoms with Gasteiger partial charge in [0.05, 0.1) is 16.3 Å². The Morgan fingerprint density at radius 3 is 2.71 bits per heavy atom. The normalized spacial score (nSPS) is 26.5. The van der Waals surface area contributed by atoms with Gasteiger partial charge in [0.2, 0.25) is 0 Å². The van der Waals surface area contributed by atoms with Crippen molar-refractivity contribution in [3.8, 4) is 0 Å². The SMILES string of the molecule is O=C(c1ccc2nc(N3CCC(N4CCCCC4)C3)sc2c1)N1CCC(O)C1. The number of aliphatic hydroxyl groups excluding tert-OH is 1. The zero-order valence-corrected chi connectivity index (χ0v) is 17.0. The molecule has 2 aromatic rings. The maximum Gasteiger partial charge on any atom is 0.253 e. The number of hydrogen-bond acceptors (Lipinski definition) is 6. The maximum absolute atomic E-state index is 12.7. The highest BCUT2D eigenvalue weighted by molar-refractivity contribution is 7.22. The number of carbonyl (C=O) groups excluding carboxylic acids is 1. The number of amides is 1. The summed E-state index contributed by atoms with van der Waals surface area (Å²) in [6, 6.07) is 6.47. The van der Waals surface area contributed by atoms with Crippen LogP contribution in [0.5, 0.6) is 0 Å². The minimum atomic E-state index is -0.384. The van der Waals surface area contributed by atoms with Gasteiger partial charge in [-0.15, -0.1) is 0 Å². The number of benzene rings is 1. The molecule has 0 radical (unpaired) electrons. The number of likely N-dealkylation sites (tertiary alicyclic amines) is 2. The lowest BCUT2D eigenvalue weighted by molar-refractivity contribution is 0.0765. The van der Waals surface area contributed by atoms with Crippen LogP contribution in [0.3, 0.4) is 0 Å². The van der Waals surface area contributed by atoms with Gasteiger partial charge in [-0.2, -0.15) is 0 Å². The van der Waals surface area contributed by atoms with Crippen molar-refractivity contribution < 1.29 is 9.90 Å². The Kier molecular flexibility index (Phi) is 4.99. The smallest absolute Gasteiger partial charge is 0.253 e. The average Bonchev–Trinajstić information content (AvgIpc) is 3.46. The first-order valence-corrected chi connectivity index (χ1v) is 11.4. The van der Waals surface area contributed by atoms with Crippen LogP contribution in [-0.2, 0) is 0 Å². The van der Waals surface area contributed by atoms with E-state index < -0.39 is 0 Å². The largest absolute Gasteiger partial charge is 0.391 e. The molecular formula is C21H28N4O2S. The molecule has 3 fully saturated rings. The van der Waals surface area contributed by atoms with Crippen LogP contribution in [0.15, 0.2) is 18.2 Å². The molecule has 3 aliphatic rings. The number of anilines is 1. The van der Waals surface area contributed by atoms with Crippen molar-refractivity contribution in [3.63, 3.8) is 0 Å². The Labute approximate surface area is 169 Å². The molecule has 0 spiro atoms. The van der Waals surface area contributed by atoms with Gasteiger partial charge in [-0.05, 0) is 57.0 Å². The molecule has 2 unspecified atom stereocenters. The maximum atomic E-state index is 12.7. The summed E-state index contributed by atoms with van der Waals surface area (Å²) in [6.07, 6.45) is 5.56. The van der Waals surface area contributed by atoms with Gasteiger partial charge in [-0.25, -0.2) is 4.98 Å². The summed E-state index contributed by atoms with van der Waals surface area (Å²) in [5.41, 5.74) is 1.67. The second-order valence-electron chi connectivity index (χ2n) is 8.36. The van der Waals surface area contributed by atoms with E-state index in [0.717, 1.165) is 28.4 Å². The summed E-state index contributed by atoms with van der Waals surface area (Å²) in [7, 11) is 0. The number of aromatic nitrogens is 1. The molecule has 1 aromatic carbocycles. The van der Waals surface area contributed by atoms with E-state index >= 15 is 0 Å². The van der Waals surface area contributed by atoms with Gasteiger partial charge in [0.1, 0.15) is 0 Å². The fourth-order valence-electron chi connectivity index (χ4n) is 4.79. The lowest BCUT2D eigenvalue weighted by Crippen LogP contribution is -2.40. The molecule has 0 bridgehead atoms. The summed E-state index contributed by atoms with van der Waals surface area (Å²) >= 11 is 1.69. The number of β-amino-alcohol motifs (C(OH)–C–C–N with tert-alkyl or cyclic N) is 1. The first-order chi connectivity index (χ1) is 13.7. The molecule has 0 aliphatic carbocycles. The van der Waals surface area contributed by atoms with E-state index in [-0.39, 0.29) is 12.0 Å². The van der Waals surface area contributed by atoms with Crippen molar-refractivity contribution >= 4 is 32.6 Å². The molecule has 3 saturated heterocycles. The van der Waals surface area contributed by atoms with E-state index in [4.69, 9.17) is 4.98 Å². The van der Waals surface area contributed by atoms with Gasteiger partial charge >= 0.3 is 0 Å². The van der Waals surface area contributed by atoms with Crippen molar-refractivity contribution in [2.24, 2.45) is 0 Å². The third kappa shape index (κ3) is 3.51. The van der Waals surface area contributed by atoms with Crippen molar-refractivity contribution in [2.75, 3.05) is 44.2 Å². The molecule has 1 N–H and O–H groups in total. The molecule has 28 heavy (non-hydrogen) atoms. The highest BCUT2D eigenvalue weighted by Gasteiger charge is 2.30. The number of piperidine rings is 1. The van der Waals surface area contributed by atoms with Crippen molar-refractivity contribution in [1.29, 1.82) is 0 Å². The van der Waals surface area contributed by atoms with Gasteiger partial charge in [0.25, 0.3) is 5.91 Å². The van der Waals surface area contributed by atoms with Crippen LogP contribution in [0, 0.1) is 0 Å². The lowest BCUT2D eigenvalue weighted by Gasteiger charge is -2.32. The molecule has 6 nitrogen and oxygen atoms in total. The Morgan fingerprint density at radius 1 is 1.07 bits per heavy atom. The van der Waals surface area contributed by atoms with Crippen LogP contribution >= 0.6 is 11.3 Å². The Morgan fingerprint density at radius 2 is 1.93 bits per heavy atom. The zero-order chi connectivity index (χ0) is 19.1. The van der Waals surface area contributed by atoms with E-state index in [2.05, 4.69) is 9.80 Å². The van der Waals surface area contributed by atoms with Crippen molar-refractivity contribution in [3.05, 3.63) is 23.8 Å². The van der Waals surface area contributed by atoms with E-state index in [1.807, 2.05) is 18.2 Å². The number of thiazole rings is 1. The summed E-state index contributed by atoms with van der Waals surface area (Å²) in [5, 5.41) is 10.8. The van der Waals surface area contributed by atoms with E-state index in [0.29, 0.717) is 31.1 Å². The molecule has 150 valence electrons. The Bertz CT molecular complexity index is 863. The summed E-state index contributed by atoms with van der Waals surface area (Å²) in [5.74, 6) is 0.0136. The van der Waals surface area contributed by atoms with Crippen LogP contribution in [0.2, 0.25) is 0 Å². The topological polar surface area (TPSA) is 59.9 Å². The predicted octanol–water partition coefficient (Wildman–Crippen LogP) is 2.57. The number of fused-ring (bicyclic) bond motifs is 1. The molecule has 5 rings (SSSR count). The lowest BCUT2D eigenvalue weighted by atomic mass is 10.1. The minimum Gasteiger partial charge on any atom is -0.391 e. The van der Waals surface area contributed by atoms with Crippen LogP contribution in [0.1, 0.15) is 42.5 Å². The number of rotatable bonds is 3. The van der Waals surface area contributed by atoms with Gasteiger partial charge in [0.15, 0.2) is 5.13 Å². The van der Waals surface area contributed by atoms with Gasteiger partial charge in [0, 0.05) is 37.8 Å². The Balaban J connectivity index is 1.31. The van der Waals surface area contributed by atoms with Crippen LogP contribution < -0.4 is 4.90 Å². The number of aliphatic hydroxyl groups is 1. The molecule has 2 atom stereocenters. The van der Waals surface area contributed by atoms with Gasteiger partial charge in [-0.3, -0.25) is 9.69 Å². The monoisotopic (exact) mass is 400 g/mol. The van der Waals surface area contributed by atoms with E-state index in [1.54, 1.807) is 16.2 Å². The molecular weight excluding hydrogens is 372 g/mol. The Hall–Kier alpha value is -1.70. The van der Waals surface area contributed by atoms with Gasteiger partial charge in [-0.1, -0.05) is 17.8 Å². The zero-order valence-electron chi connectivity index (χ0n) is 16.2. The first-order valence-electron chi connectivity index (χ1n) is 10.5. The third-order valence-electron chi connectivity index (χ3n) is 6.42. The van der Waals surface area contributed by atoms with Crippen molar-refractivity contribution in [2.45, 2.75) is 44.2 Å². The molecule has 1 aromatic heterocycles. The van der Waals surface area contributed by atoms with E-state index in [1.165, 1.54) is 38.8 Å². The standard InChI is InChI=1S/C21H28N4O2S/c26-17-7-11-24(14-17)20(27)15-4-5-18-19(12-15)28-21(22-18)25-10-6-16(13-25)23-8-2-1-3-9-23/h4-5,12,16-17,26H,1-3,6-11,13-14H2. The number of hydrogen-bond donors (Lipinski definition) is 1. The predicted molar refractivity (Wildman–Crippen MR) is 112 cm³/mol. The number of carbonyl (C=O) groups is 1. The quantitative estimate of drug-likeness (QED) is 0.858. The molecule has 3 aliphatic heterocycles. The molecule has 4 heterocycles. The third-order valence-corrected chi connectivity index (χ3v) is 7.49. The van der Waals surface area contributed by atoms with Crippen molar-refractivity contribution in [1.82, 2.24) is 14.8 Å². The van der Waals surface area contributed by atoms with Crippen LogP contribution in [-0.4, -0.2) is 77.2 Å². The second kappa shape index (κ2) is 7.61. The fourth-order valence-corrected chi connectivity index (χ4v) is 5.83. The summed E-state index contributed by atoms with van der Waals surface area (Å²) < 4.78 is 1.07. The fraction of sp³-hybridized carbons (Fsp3) is 0.619. The summed E-state index contributed by atoms with van der Waals surface area (Å²) in [4.78, 5) is 24.4.